The summed E-state index contributed by atoms with van der Waals surface area (Å²) in [6.07, 6.45) is 0.784. The SMILES string of the molecule is NCC(Cc1ccc(Br)cc1Cl)c1ccccc1Cl. The van der Waals surface area contributed by atoms with E-state index in [1.165, 1.54) is 0 Å². The number of nitrogens with two attached hydrogens (primary N) is 1. The van der Waals surface area contributed by atoms with Crippen molar-refractivity contribution in [3.05, 3.63) is 68.1 Å². The fourth-order valence-corrected chi connectivity index (χ4v) is 3.12. The lowest BCUT2D eigenvalue weighted by molar-refractivity contribution is 0.694. The molecule has 0 aliphatic carbocycles. The van der Waals surface area contributed by atoms with Gasteiger partial charge in [0.25, 0.3) is 0 Å². The Bertz CT molecular complexity index is 572. The molecule has 19 heavy (non-hydrogen) atoms. The van der Waals surface area contributed by atoms with Gasteiger partial charge in [-0.2, -0.15) is 0 Å². The van der Waals surface area contributed by atoms with Crippen LogP contribution in [0.5, 0.6) is 0 Å². The zero-order valence-electron chi connectivity index (χ0n) is 10.2. The summed E-state index contributed by atoms with van der Waals surface area (Å²) in [5.41, 5.74) is 8.05. The highest BCUT2D eigenvalue weighted by molar-refractivity contribution is 9.10. The van der Waals surface area contributed by atoms with Gasteiger partial charge >= 0.3 is 0 Å². The van der Waals surface area contributed by atoms with Crippen LogP contribution in [0.25, 0.3) is 0 Å². The minimum atomic E-state index is 0.173. The van der Waals surface area contributed by atoms with Gasteiger partial charge in [0.1, 0.15) is 0 Å². The molecule has 0 spiro atoms. The zero-order chi connectivity index (χ0) is 13.8. The Morgan fingerprint density at radius 2 is 1.79 bits per heavy atom. The second-order valence-electron chi connectivity index (χ2n) is 4.39. The van der Waals surface area contributed by atoms with Crippen molar-refractivity contribution in [3.8, 4) is 0 Å². The molecule has 100 valence electrons. The maximum absolute atomic E-state index is 6.25. The first-order valence-corrected chi connectivity index (χ1v) is 7.55. The van der Waals surface area contributed by atoms with Gasteiger partial charge in [0.05, 0.1) is 0 Å². The molecule has 1 nitrogen and oxygen atoms in total. The lowest BCUT2D eigenvalue weighted by Gasteiger charge is -2.17. The van der Waals surface area contributed by atoms with Crippen molar-refractivity contribution in [1.29, 1.82) is 0 Å². The fourth-order valence-electron chi connectivity index (χ4n) is 2.08. The molecular formula is C15H14BrCl2N. The molecule has 1 atom stereocenters. The summed E-state index contributed by atoms with van der Waals surface area (Å²) in [4.78, 5) is 0. The van der Waals surface area contributed by atoms with E-state index in [2.05, 4.69) is 15.9 Å². The Labute approximate surface area is 131 Å². The van der Waals surface area contributed by atoms with Crippen molar-refractivity contribution in [1.82, 2.24) is 0 Å². The van der Waals surface area contributed by atoms with Crippen molar-refractivity contribution in [2.24, 2.45) is 5.73 Å². The number of rotatable bonds is 4. The molecule has 0 aromatic heterocycles. The van der Waals surface area contributed by atoms with Gasteiger partial charge in [-0.15, -0.1) is 0 Å². The predicted molar refractivity (Wildman–Crippen MR) is 86.1 cm³/mol. The molecule has 2 aromatic carbocycles. The number of hydrogen-bond acceptors (Lipinski definition) is 1. The Balaban J connectivity index is 2.27. The molecule has 0 aliphatic rings. The summed E-state index contributed by atoms with van der Waals surface area (Å²) >= 11 is 15.9. The summed E-state index contributed by atoms with van der Waals surface area (Å²) in [7, 11) is 0. The molecule has 0 saturated heterocycles. The molecule has 0 radical (unpaired) electrons. The smallest absolute Gasteiger partial charge is 0.0449 e. The van der Waals surface area contributed by atoms with Gasteiger partial charge in [-0.05, 0) is 42.3 Å². The maximum atomic E-state index is 6.25. The third-order valence-corrected chi connectivity index (χ3v) is 4.30. The molecule has 0 amide bonds. The molecular weight excluding hydrogens is 345 g/mol. The van der Waals surface area contributed by atoms with Gasteiger partial charge in [0.2, 0.25) is 0 Å². The summed E-state index contributed by atoms with van der Waals surface area (Å²) in [5.74, 6) is 0.173. The first-order valence-electron chi connectivity index (χ1n) is 6.00. The van der Waals surface area contributed by atoms with Crippen LogP contribution >= 0.6 is 39.1 Å². The van der Waals surface area contributed by atoms with Crippen molar-refractivity contribution in [3.63, 3.8) is 0 Å². The Morgan fingerprint density at radius 3 is 2.42 bits per heavy atom. The average Bonchev–Trinajstić information content (AvgIpc) is 2.39. The quantitative estimate of drug-likeness (QED) is 0.813. The van der Waals surface area contributed by atoms with Crippen LogP contribution in [0.1, 0.15) is 17.0 Å². The minimum absolute atomic E-state index is 0.173. The Kier molecular flexibility index (Phi) is 5.28. The topological polar surface area (TPSA) is 26.0 Å². The Hall–Kier alpha value is -0.540. The van der Waals surface area contributed by atoms with E-state index in [1.54, 1.807) is 0 Å². The molecule has 2 aromatic rings. The van der Waals surface area contributed by atoms with Crippen molar-refractivity contribution >= 4 is 39.1 Å². The van der Waals surface area contributed by atoms with E-state index in [0.717, 1.165) is 32.1 Å². The van der Waals surface area contributed by atoms with Crippen LogP contribution in [0.3, 0.4) is 0 Å². The first-order chi connectivity index (χ1) is 9.11. The minimum Gasteiger partial charge on any atom is -0.330 e. The molecule has 2 rings (SSSR count). The van der Waals surface area contributed by atoms with Gasteiger partial charge in [-0.1, -0.05) is 63.4 Å². The van der Waals surface area contributed by atoms with Gasteiger partial charge in [-0.25, -0.2) is 0 Å². The second kappa shape index (κ2) is 6.76. The van der Waals surface area contributed by atoms with E-state index in [1.807, 2.05) is 42.5 Å². The predicted octanol–water partition coefficient (Wildman–Crippen LogP) is 5.04. The molecule has 0 fully saturated rings. The first kappa shape index (κ1) is 14.9. The molecule has 0 bridgehead atoms. The van der Waals surface area contributed by atoms with E-state index in [-0.39, 0.29) is 5.92 Å². The molecule has 2 N–H and O–H groups in total. The molecule has 4 heteroatoms. The van der Waals surface area contributed by atoms with Crippen LogP contribution in [-0.4, -0.2) is 6.54 Å². The van der Waals surface area contributed by atoms with E-state index in [0.29, 0.717) is 6.54 Å². The number of benzene rings is 2. The van der Waals surface area contributed by atoms with Crippen LogP contribution in [-0.2, 0) is 6.42 Å². The Morgan fingerprint density at radius 1 is 1.05 bits per heavy atom. The van der Waals surface area contributed by atoms with Crippen LogP contribution < -0.4 is 5.73 Å². The van der Waals surface area contributed by atoms with Gasteiger partial charge < -0.3 is 5.73 Å². The summed E-state index contributed by atoms with van der Waals surface area (Å²) in [5, 5.41) is 1.51. The van der Waals surface area contributed by atoms with E-state index in [9.17, 15) is 0 Å². The second-order valence-corrected chi connectivity index (χ2v) is 6.12. The lowest BCUT2D eigenvalue weighted by atomic mass is 9.92. The molecule has 0 heterocycles. The normalized spacial score (nSPS) is 12.4. The van der Waals surface area contributed by atoms with Gasteiger partial charge in [0.15, 0.2) is 0 Å². The highest BCUT2D eigenvalue weighted by Gasteiger charge is 2.15. The fraction of sp³-hybridized carbons (Fsp3) is 0.200. The zero-order valence-corrected chi connectivity index (χ0v) is 13.3. The standard InChI is InChI=1S/C15H14BrCl2N/c16-12-6-5-10(15(18)8-12)7-11(9-19)13-3-1-2-4-14(13)17/h1-6,8,11H,7,9,19H2. The maximum Gasteiger partial charge on any atom is 0.0449 e. The summed E-state index contributed by atoms with van der Waals surface area (Å²) in [6, 6.07) is 13.7. The van der Waals surface area contributed by atoms with E-state index < -0.39 is 0 Å². The largest absolute Gasteiger partial charge is 0.330 e. The highest BCUT2D eigenvalue weighted by atomic mass is 79.9. The van der Waals surface area contributed by atoms with Gasteiger partial charge in [-0.3, -0.25) is 0 Å². The summed E-state index contributed by atoms with van der Waals surface area (Å²) in [6.45, 7) is 0.538. The average molecular weight is 359 g/mol. The molecule has 0 aliphatic heterocycles. The van der Waals surface area contributed by atoms with Crippen molar-refractivity contribution < 1.29 is 0 Å². The van der Waals surface area contributed by atoms with Crippen LogP contribution in [0.2, 0.25) is 10.0 Å². The lowest BCUT2D eigenvalue weighted by Crippen LogP contribution is -2.15. The van der Waals surface area contributed by atoms with Crippen LogP contribution in [0.15, 0.2) is 46.9 Å². The van der Waals surface area contributed by atoms with Crippen molar-refractivity contribution in [2.45, 2.75) is 12.3 Å². The molecule has 0 saturated carbocycles. The van der Waals surface area contributed by atoms with Crippen LogP contribution in [0, 0.1) is 0 Å². The number of hydrogen-bond donors (Lipinski definition) is 1. The van der Waals surface area contributed by atoms with Crippen LogP contribution in [0.4, 0.5) is 0 Å². The number of halogens is 3. The third-order valence-electron chi connectivity index (χ3n) is 3.11. The van der Waals surface area contributed by atoms with E-state index >= 15 is 0 Å². The third kappa shape index (κ3) is 3.73. The monoisotopic (exact) mass is 357 g/mol. The van der Waals surface area contributed by atoms with Gasteiger partial charge in [0, 0.05) is 20.4 Å². The molecule has 1 unspecified atom stereocenters. The summed E-state index contributed by atoms with van der Waals surface area (Å²) < 4.78 is 0.975. The van der Waals surface area contributed by atoms with E-state index in [4.69, 9.17) is 28.9 Å². The highest BCUT2D eigenvalue weighted by Crippen LogP contribution is 2.30. The van der Waals surface area contributed by atoms with Crippen molar-refractivity contribution in [2.75, 3.05) is 6.54 Å².